The Bertz CT molecular complexity index is 604. The van der Waals surface area contributed by atoms with Gasteiger partial charge in [0.15, 0.2) is 0 Å². The summed E-state index contributed by atoms with van der Waals surface area (Å²) in [5.74, 6) is 0. The molecule has 0 atom stereocenters. The molecule has 1 aromatic carbocycles. The number of halogens is 1. The summed E-state index contributed by atoms with van der Waals surface area (Å²) in [6.07, 6.45) is 3.61. The summed E-state index contributed by atoms with van der Waals surface area (Å²) in [5, 5.41) is 7.40. The Labute approximate surface area is 136 Å². The molecule has 2 heterocycles. The lowest BCUT2D eigenvalue weighted by atomic mass is 10.2. The van der Waals surface area contributed by atoms with E-state index in [2.05, 4.69) is 32.1 Å². The first-order valence-electron chi connectivity index (χ1n) is 7.46. The Balaban J connectivity index is 1.48. The van der Waals surface area contributed by atoms with Crippen LogP contribution in [-0.4, -0.2) is 47.3 Å². The largest absolute Gasteiger partial charge is 0.295 e. The number of hydrazone groups is 1. The molecule has 1 aliphatic heterocycles. The second-order valence-corrected chi connectivity index (χ2v) is 5.79. The molecule has 0 saturated carbocycles. The minimum absolute atomic E-state index is 0.789. The van der Waals surface area contributed by atoms with Gasteiger partial charge < -0.3 is 0 Å². The molecule has 3 rings (SSSR count). The second kappa shape index (κ2) is 7.38. The van der Waals surface area contributed by atoms with Gasteiger partial charge in [-0.1, -0.05) is 29.8 Å². The summed E-state index contributed by atoms with van der Waals surface area (Å²) in [5.41, 5.74) is 2.20. The van der Waals surface area contributed by atoms with E-state index in [4.69, 9.17) is 11.6 Å². The zero-order valence-corrected chi connectivity index (χ0v) is 13.2. The molecule has 2 aromatic rings. The fraction of sp³-hybridized carbons (Fsp3) is 0.294. The van der Waals surface area contributed by atoms with Gasteiger partial charge in [-0.05, 0) is 29.8 Å². The fourth-order valence-electron chi connectivity index (χ4n) is 2.45. The molecule has 0 spiro atoms. The van der Waals surface area contributed by atoms with Crippen LogP contribution in [-0.2, 0) is 6.54 Å². The Morgan fingerprint density at radius 1 is 1.05 bits per heavy atom. The number of rotatable bonds is 4. The Hall–Kier alpha value is -1.91. The average molecular weight is 315 g/mol. The van der Waals surface area contributed by atoms with E-state index in [-0.39, 0.29) is 0 Å². The van der Waals surface area contributed by atoms with Crippen molar-refractivity contribution in [2.75, 3.05) is 26.2 Å². The summed E-state index contributed by atoms with van der Waals surface area (Å²) in [7, 11) is 0. The lowest BCUT2D eigenvalue weighted by Gasteiger charge is -2.33. The van der Waals surface area contributed by atoms with Crippen LogP contribution in [0.3, 0.4) is 0 Å². The van der Waals surface area contributed by atoms with Crippen molar-refractivity contribution in [3.63, 3.8) is 0 Å². The molecular weight excluding hydrogens is 296 g/mol. The maximum Gasteiger partial charge on any atom is 0.0830 e. The number of aromatic nitrogens is 1. The van der Waals surface area contributed by atoms with Gasteiger partial charge in [0.05, 0.1) is 11.9 Å². The van der Waals surface area contributed by atoms with Crippen molar-refractivity contribution in [1.82, 2.24) is 14.9 Å². The van der Waals surface area contributed by atoms with Gasteiger partial charge in [0, 0.05) is 43.9 Å². The van der Waals surface area contributed by atoms with Gasteiger partial charge in [-0.3, -0.25) is 14.9 Å². The highest BCUT2D eigenvalue weighted by atomic mass is 35.5. The lowest BCUT2D eigenvalue weighted by Crippen LogP contribution is -2.43. The van der Waals surface area contributed by atoms with Gasteiger partial charge in [0.2, 0.25) is 0 Å². The molecule has 5 heteroatoms. The number of hydrogen-bond acceptors (Lipinski definition) is 4. The van der Waals surface area contributed by atoms with Gasteiger partial charge in [0.1, 0.15) is 0 Å². The molecule has 4 nitrogen and oxygen atoms in total. The summed E-state index contributed by atoms with van der Waals surface area (Å²) in [6.45, 7) is 4.88. The van der Waals surface area contributed by atoms with Crippen LogP contribution in [0, 0.1) is 0 Å². The number of hydrogen-bond donors (Lipinski definition) is 0. The van der Waals surface area contributed by atoms with Gasteiger partial charge in [-0.2, -0.15) is 5.10 Å². The summed E-state index contributed by atoms with van der Waals surface area (Å²) in [6, 6.07) is 13.9. The third-order valence-electron chi connectivity index (χ3n) is 3.71. The molecule has 0 radical (unpaired) electrons. The van der Waals surface area contributed by atoms with Crippen LogP contribution >= 0.6 is 11.6 Å². The maximum absolute atomic E-state index is 5.92. The van der Waals surface area contributed by atoms with E-state index in [9.17, 15) is 0 Å². The number of piperazine rings is 1. The standard InChI is InChI=1S/C17H19ClN4/c18-16-6-4-15(5-7-16)14-21-9-11-22(12-10-21)20-13-17-3-1-2-8-19-17/h1-8,13H,9-12,14H2/b20-13+. The summed E-state index contributed by atoms with van der Waals surface area (Å²) >= 11 is 5.92. The molecule has 0 bridgehead atoms. The van der Waals surface area contributed by atoms with E-state index < -0.39 is 0 Å². The topological polar surface area (TPSA) is 31.7 Å². The minimum Gasteiger partial charge on any atom is -0.295 e. The third-order valence-corrected chi connectivity index (χ3v) is 3.96. The summed E-state index contributed by atoms with van der Waals surface area (Å²) < 4.78 is 0. The van der Waals surface area contributed by atoms with E-state index in [0.717, 1.165) is 43.4 Å². The van der Waals surface area contributed by atoms with Crippen LogP contribution in [0.5, 0.6) is 0 Å². The Kier molecular flexibility index (Phi) is 5.03. The van der Waals surface area contributed by atoms with Crippen LogP contribution in [0.15, 0.2) is 53.8 Å². The molecule has 1 saturated heterocycles. The van der Waals surface area contributed by atoms with Crippen LogP contribution in [0.2, 0.25) is 5.02 Å². The lowest BCUT2D eigenvalue weighted by molar-refractivity contribution is 0.131. The van der Waals surface area contributed by atoms with E-state index in [1.807, 2.05) is 36.5 Å². The Morgan fingerprint density at radius 3 is 2.50 bits per heavy atom. The van der Waals surface area contributed by atoms with E-state index >= 15 is 0 Å². The van der Waals surface area contributed by atoms with Crippen molar-refractivity contribution in [3.05, 3.63) is 64.9 Å². The highest BCUT2D eigenvalue weighted by Crippen LogP contribution is 2.13. The quantitative estimate of drug-likeness (QED) is 0.813. The van der Waals surface area contributed by atoms with Crippen LogP contribution in [0.1, 0.15) is 11.3 Å². The van der Waals surface area contributed by atoms with Gasteiger partial charge >= 0.3 is 0 Å². The monoisotopic (exact) mass is 314 g/mol. The van der Waals surface area contributed by atoms with Gasteiger partial charge in [-0.25, -0.2) is 0 Å². The first-order chi connectivity index (χ1) is 10.8. The van der Waals surface area contributed by atoms with Crippen molar-refractivity contribution in [1.29, 1.82) is 0 Å². The molecule has 1 fully saturated rings. The molecule has 114 valence electrons. The predicted molar refractivity (Wildman–Crippen MR) is 90.1 cm³/mol. The number of nitrogens with zero attached hydrogens (tertiary/aromatic N) is 4. The second-order valence-electron chi connectivity index (χ2n) is 5.36. The number of pyridine rings is 1. The van der Waals surface area contributed by atoms with Crippen molar-refractivity contribution < 1.29 is 0 Å². The molecule has 0 aliphatic carbocycles. The molecule has 22 heavy (non-hydrogen) atoms. The SMILES string of the molecule is Clc1ccc(CN2CCN(/N=C/c3ccccn3)CC2)cc1. The fourth-order valence-corrected chi connectivity index (χ4v) is 2.58. The van der Waals surface area contributed by atoms with Gasteiger partial charge in [0.25, 0.3) is 0 Å². The highest BCUT2D eigenvalue weighted by Gasteiger charge is 2.15. The molecule has 0 unspecified atom stereocenters. The zero-order valence-electron chi connectivity index (χ0n) is 12.4. The van der Waals surface area contributed by atoms with E-state index in [1.54, 1.807) is 6.20 Å². The molecule has 0 amide bonds. The Morgan fingerprint density at radius 2 is 1.82 bits per heavy atom. The minimum atomic E-state index is 0.789. The van der Waals surface area contributed by atoms with Gasteiger partial charge in [-0.15, -0.1) is 0 Å². The highest BCUT2D eigenvalue weighted by molar-refractivity contribution is 6.30. The molecule has 1 aliphatic rings. The average Bonchev–Trinajstić information content (AvgIpc) is 2.57. The van der Waals surface area contributed by atoms with Crippen molar-refractivity contribution in [2.24, 2.45) is 5.10 Å². The maximum atomic E-state index is 5.92. The molecular formula is C17H19ClN4. The molecule has 1 aromatic heterocycles. The first kappa shape index (κ1) is 15.0. The molecule has 0 N–H and O–H groups in total. The van der Waals surface area contributed by atoms with Crippen LogP contribution < -0.4 is 0 Å². The predicted octanol–water partition coefficient (Wildman–Crippen LogP) is 2.89. The van der Waals surface area contributed by atoms with Crippen LogP contribution in [0.4, 0.5) is 0 Å². The number of benzene rings is 1. The summed E-state index contributed by atoms with van der Waals surface area (Å²) in [4.78, 5) is 6.68. The smallest absolute Gasteiger partial charge is 0.0830 e. The third kappa shape index (κ3) is 4.29. The van der Waals surface area contributed by atoms with E-state index in [0.29, 0.717) is 0 Å². The van der Waals surface area contributed by atoms with Crippen molar-refractivity contribution >= 4 is 17.8 Å². The normalized spacial score (nSPS) is 16.3. The van der Waals surface area contributed by atoms with Crippen molar-refractivity contribution in [2.45, 2.75) is 6.54 Å². The van der Waals surface area contributed by atoms with Crippen LogP contribution in [0.25, 0.3) is 0 Å². The zero-order chi connectivity index (χ0) is 15.2. The van der Waals surface area contributed by atoms with Crippen molar-refractivity contribution in [3.8, 4) is 0 Å². The van der Waals surface area contributed by atoms with E-state index in [1.165, 1.54) is 5.56 Å². The first-order valence-corrected chi connectivity index (χ1v) is 7.84.